The highest BCUT2D eigenvalue weighted by Crippen LogP contribution is 2.14. The van der Waals surface area contributed by atoms with Crippen molar-refractivity contribution in [2.24, 2.45) is 5.92 Å². The summed E-state index contributed by atoms with van der Waals surface area (Å²) < 4.78 is 0. The Kier molecular flexibility index (Phi) is 6.22. The number of rotatable bonds is 7. The first-order valence-corrected chi connectivity index (χ1v) is 6.52. The molecule has 98 valence electrons. The molecule has 0 aliphatic carbocycles. The van der Waals surface area contributed by atoms with Crippen LogP contribution in [0.4, 0.5) is 0 Å². The lowest BCUT2D eigenvalue weighted by Crippen LogP contribution is -2.26. The molecule has 0 saturated carbocycles. The van der Waals surface area contributed by atoms with Crippen LogP contribution in [-0.4, -0.2) is 48.7 Å². The van der Waals surface area contributed by atoms with Crippen molar-refractivity contribution >= 4 is 5.97 Å². The van der Waals surface area contributed by atoms with Gasteiger partial charge in [-0.1, -0.05) is 19.9 Å². The van der Waals surface area contributed by atoms with Gasteiger partial charge >= 0.3 is 5.97 Å². The Bertz CT molecular complexity index is 277. The van der Waals surface area contributed by atoms with Crippen LogP contribution in [0.1, 0.15) is 26.7 Å². The Hall–Kier alpha value is -0.870. The fourth-order valence-corrected chi connectivity index (χ4v) is 2.23. The summed E-state index contributed by atoms with van der Waals surface area (Å²) in [6, 6.07) is 0. The van der Waals surface area contributed by atoms with Gasteiger partial charge in [-0.05, 0) is 38.4 Å². The summed E-state index contributed by atoms with van der Waals surface area (Å²) in [6.45, 7) is 9.23. The summed E-state index contributed by atoms with van der Waals surface area (Å²) in [4.78, 5) is 13.2. The number of likely N-dealkylation sites (tertiary alicyclic amines) is 1. The maximum atomic E-state index is 10.8. The average molecular weight is 240 g/mol. The van der Waals surface area contributed by atoms with Gasteiger partial charge in [0.05, 0.1) is 0 Å². The van der Waals surface area contributed by atoms with Crippen LogP contribution in [0.2, 0.25) is 0 Å². The third kappa shape index (κ3) is 4.88. The summed E-state index contributed by atoms with van der Waals surface area (Å²) in [5, 5.41) is 12.2. The number of nitrogens with one attached hydrogen (secondary N) is 1. The van der Waals surface area contributed by atoms with Crippen LogP contribution in [-0.2, 0) is 4.79 Å². The smallest absolute Gasteiger partial charge is 0.331 e. The summed E-state index contributed by atoms with van der Waals surface area (Å²) in [6.07, 6.45) is 3.63. The van der Waals surface area contributed by atoms with Gasteiger partial charge in [0.1, 0.15) is 0 Å². The second-order valence-corrected chi connectivity index (χ2v) is 4.59. The summed E-state index contributed by atoms with van der Waals surface area (Å²) in [7, 11) is 0. The molecule has 1 unspecified atom stereocenters. The number of nitrogens with zero attached hydrogens (tertiary/aromatic N) is 1. The molecule has 4 heteroatoms. The summed E-state index contributed by atoms with van der Waals surface area (Å²) >= 11 is 0. The number of hydrogen-bond acceptors (Lipinski definition) is 3. The minimum atomic E-state index is -0.799. The lowest BCUT2D eigenvalue weighted by Gasteiger charge is -2.13. The quantitative estimate of drug-likeness (QED) is 0.521. The second-order valence-electron chi connectivity index (χ2n) is 4.59. The van der Waals surface area contributed by atoms with Gasteiger partial charge in [0.15, 0.2) is 0 Å². The van der Waals surface area contributed by atoms with Crippen molar-refractivity contribution in [3.05, 3.63) is 11.6 Å². The first-order valence-electron chi connectivity index (χ1n) is 6.52. The molecule has 17 heavy (non-hydrogen) atoms. The van der Waals surface area contributed by atoms with Crippen molar-refractivity contribution in [2.45, 2.75) is 26.7 Å². The first kappa shape index (κ1) is 14.2. The van der Waals surface area contributed by atoms with Gasteiger partial charge in [0.25, 0.3) is 0 Å². The molecule has 0 radical (unpaired) electrons. The lowest BCUT2D eigenvalue weighted by molar-refractivity contribution is -0.132. The fourth-order valence-electron chi connectivity index (χ4n) is 2.23. The Morgan fingerprint density at radius 3 is 2.82 bits per heavy atom. The molecule has 2 N–H and O–H groups in total. The normalized spacial score (nSPS) is 22.0. The van der Waals surface area contributed by atoms with E-state index in [-0.39, 0.29) is 0 Å². The highest BCUT2D eigenvalue weighted by molar-refractivity contribution is 5.86. The molecular weight excluding hydrogens is 216 g/mol. The van der Waals surface area contributed by atoms with Gasteiger partial charge in [-0.3, -0.25) is 0 Å². The van der Waals surface area contributed by atoms with Gasteiger partial charge in [0.2, 0.25) is 0 Å². The SMILES string of the molecule is CC/C(=C/CNCC1CCN(CC)C1)C(=O)O. The van der Waals surface area contributed by atoms with Crippen molar-refractivity contribution in [1.29, 1.82) is 0 Å². The molecule has 0 aromatic carbocycles. The van der Waals surface area contributed by atoms with Crippen LogP contribution in [0.15, 0.2) is 11.6 Å². The van der Waals surface area contributed by atoms with E-state index in [0.29, 0.717) is 18.5 Å². The van der Waals surface area contributed by atoms with Gasteiger partial charge < -0.3 is 15.3 Å². The van der Waals surface area contributed by atoms with E-state index in [1.807, 2.05) is 6.92 Å². The van der Waals surface area contributed by atoms with Crippen molar-refractivity contribution in [1.82, 2.24) is 10.2 Å². The maximum absolute atomic E-state index is 10.8. The molecule has 1 rings (SSSR count). The number of aliphatic carboxylic acids is 1. The number of carboxylic acid groups (broad SMARTS) is 1. The van der Waals surface area contributed by atoms with Gasteiger partial charge in [-0.2, -0.15) is 0 Å². The van der Waals surface area contributed by atoms with Crippen LogP contribution in [0.25, 0.3) is 0 Å². The largest absolute Gasteiger partial charge is 0.478 e. The molecule has 1 aliphatic rings. The zero-order valence-electron chi connectivity index (χ0n) is 10.9. The third-order valence-electron chi connectivity index (χ3n) is 3.40. The van der Waals surface area contributed by atoms with Crippen molar-refractivity contribution in [3.63, 3.8) is 0 Å². The van der Waals surface area contributed by atoms with Gasteiger partial charge in [-0.15, -0.1) is 0 Å². The predicted octanol–water partition coefficient (Wildman–Crippen LogP) is 1.34. The van der Waals surface area contributed by atoms with E-state index >= 15 is 0 Å². The van der Waals surface area contributed by atoms with Crippen LogP contribution in [0, 0.1) is 5.92 Å². The second kappa shape index (κ2) is 7.45. The molecule has 0 aromatic heterocycles. The minimum absolute atomic E-state index is 0.499. The first-order chi connectivity index (χ1) is 8.17. The molecule has 1 fully saturated rings. The van der Waals surface area contributed by atoms with E-state index in [4.69, 9.17) is 5.11 Å². The van der Waals surface area contributed by atoms with E-state index in [0.717, 1.165) is 19.0 Å². The van der Waals surface area contributed by atoms with E-state index in [9.17, 15) is 4.79 Å². The average Bonchev–Trinajstić information content (AvgIpc) is 2.76. The Labute approximate surface area is 104 Å². The molecule has 4 nitrogen and oxygen atoms in total. The molecule has 1 heterocycles. The molecule has 0 amide bonds. The topological polar surface area (TPSA) is 52.6 Å². The Morgan fingerprint density at radius 2 is 2.29 bits per heavy atom. The standard InChI is InChI=1S/C13H24N2O2/c1-3-12(13(16)17)5-7-14-9-11-6-8-15(4-2)10-11/h5,11,14H,3-4,6-10H2,1-2H3,(H,16,17)/b12-5-. The van der Waals surface area contributed by atoms with Gasteiger partial charge in [0, 0.05) is 18.7 Å². The lowest BCUT2D eigenvalue weighted by atomic mass is 10.1. The molecule has 1 saturated heterocycles. The molecular formula is C13H24N2O2. The van der Waals surface area contributed by atoms with Crippen LogP contribution >= 0.6 is 0 Å². The summed E-state index contributed by atoms with van der Waals surface area (Å²) in [5.74, 6) is -0.0782. The number of carbonyl (C=O) groups is 1. The zero-order valence-corrected chi connectivity index (χ0v) is 10.9. The molecule has 0 bridgehead atoms. The van der Waals surface area contributed by atoms with Crippen LogP contribution < -0.4 is 5.32 Å². The predicted molar refractivity (Wildman–Crippen MR) is 69.1 cm³/mol. The Morgan fingerprint density at radius 1 is 1.53 bits per heavy atom. The molecule has 1 atom stereocenters. The molecule has 1 aliphatic heterocycles. The zero-order chi connectivity index (χ0) is 12.7. The van der Waals surface area contributed by atoms with Crippen LogP contribution in [0.5, 0.6) is 0 Å². The highest BCUT2D eigenvalue weighted by Gasteiger charge is 2.20. The van der Waals surface area contributed by atoms with E-state index in [2.05, 4.69) is 17.1 Å². The van der Waals surface area contributed by atoms with E-state index in [1.54, 1.807) is 6.08 Å². The molecule has 0 spiro atoms. The fraction of sp³-hybridized carbons (Fsp3) is 0.769. The third-order valence-corrected chi connectivity index (χ3v) is 3.40. The number of carboxylic acids is 1. The van der Waals surface area contributed by atoms with E-state index < -0.39 is 5.97 Å². The van der Waals surface area contributed by atoms with Crippen molar-refractivity contribution in [2.75, 3.05) is 32.7 Å². The summed E-state index contributed by atoms with van der Waals surface area (Å²) in [5.41, 5.74) is 0.499. The monoisotopic (exact) mass is 240 g/mol. The van der Waals surface area contributed by atoms with Crippen molar-refractivity contribution < 1.29 is 9.90 Å². The molecule has 0 aromatic rings. The van der Waals surface area contributed by atoms with E-state index in [1.165, 1.54) is 19.5 Å². The Balaban J connectivity index is 2.18. The van der Waals surface area contributed by atoms with Crippen molar-refractivity contribution in [3.8, 4) is 0 Å². The number of hydrogen-bond donors (Lipinski definition) is 2. The highest BCUT2D eigenvalue weighted by atomic mass is 16.4. The van der Waals surface area contributed by atoms with Crippen LogP contribution in [0.3, 0.4) is 0 Å². The van der Waals surface area contributed by atoms with Gasteiger partial charge in [-0.25, -0.2) is 4.79 Å². The minimum Gasteiger partial charge on any atom is -0.478 e. The maximum Gasteiger partial charge on any atom is 0.331 e.